The summed E-state index contributed by atoms with van der Waals surface area (Å²) in [5.74, 6) is -0.0931. The Labute approximate surface area is 208 Å². The maximum absolute atomic E-state index is 13.3. The molecule has 0 unspecified atom stereocenters. The number of rotatable bonds is 5. The number of nitrogens with zero attached hydrogens (tertiary/aromatic N) is 3. The molecule has 1 amide bonds. The fourth-order valence-corrected chi connectivity index (χ4v) is 4.70. The lowest BCUT2D eigenvalue weighted by Crippen LogP contribution is -2.39. The first kappa shape index (κ1) is 21.6. The van der Waals surface area contributed by atoms with Crippen molar-refractivity contribution < 1.29 is 4.79 Å². The number of nitrogens with one attached hydrogen (secondary N) is 1. The van der Waals surface area contributed by atoms with Crippen LogP contribution < -0.4 is 5.32 Å². The monoisotopic (exact) mass is 478 g/mol. The Hall–Kier alpha value is -3.96. The van der Waals surface area contributed by atoms with Crippen molar-refractivity contribution in [2.75, 3.05) is 0 Å². The maximum Gasteiger partial charge on any atom is 0.255 e. The molecule has 5 nitrogen and oxygen atoms in total. The van der Waals surface area contributed by atoms with Crippen LogP contribution in [-0.2, 0) is 0 Å². The SMILES string of the molecule is O=C(NC1CCC1)c1cnn(-c2ccnc3cc(Cl)ccc23)c1-c1ccc(-c2ccccc2)cc1. The number of fused-ring (bicyclic) bond motifs is 1. The number of hydrogen-bond donors (Lipinski definition) is 1. The molecule has 5 aromatic rings. The molecule has 2 heterocycles. The molecule has 6 heteroatoms. The number of halogens is 1. The van der Waals surface area contributed by atoms with Gasteiger partial charge in [0.2, 0.25) is 0 Å². The molecular formula is C29H23ClN4O. The van der Waals surface area contributed by atoms with Gasteiger partial charge in [0.15, 0.2) is 0 Å². The van der Waals surface area contributed by atoms with Gasteiger partial charge in [-0.1, -0.05) is 66.2 Å². The molecule has 0 bridgehead atoms. The van der Waals surface area contributed by atoms with Gasteiger partial charge in [-0.25, -0.2) is 4.68 Å². The fourth-order valence-electron chi connectivity index (χ4n) is 4.53. The molecule has 0 radical (unpaired) electrons. The van der Waals surface area contributed by atoms with Crippen molar-refractivity contribution in [3.05, 3.63) is 102 Å². The number of aromatic nitrogens is 3. The van der Waals surface area contributed by atoms with Crippen molar-refractivity contribution in [2.24, 2.45) is 0 Å². The Morgan fingerprint density at radius 2 is 1.66 bits per heavy atom. The van der Waals surface area contributed by atoms with Crippen molar-refractivity contribution >= 4 is 28.4 Å². The highest BCUT2D eigenvalue weighted by molar-refractivity contribution is 6.31. The Morgan fingerprint density at radius 1 is 0.914 bits per heavy atom. The number of pyridine rings is 1. The van der Waals surface area contributed by atoms with Crippen LogP contribution in [0.15, 0.2) is 91.3 Å². The first-order valence-corrected chi connectivity index (χ1v) is 12.1. The standard InChI is InChI=1S/C29H23ClN4O/c30-22-13-14-24-26(17-22)31-16-15-27(24)34-28(25(18-32-34)29(35)33-23-7-4-8-23)21-11-9-20(10-12-21)19-5-2-1-3-6-19/h1-3,5-6,9-18,23H,4,7-8H2,(H,33,35). The molecule has 1 N–H and O–H groups in total. The van der Waals surface area contributed by atoms with Gasteiger partial charge in [0, 0.05) is 28.2 Å². The largest absolute Gasteiger partial charge is 0.349 e. The minimum absolute atomic E-state index is 0.0931. The Bertz CT molecular complexity index is 1520. The van der Waals surface area contributed by atoms with Crippen LogP contribution >= 0.6 is 11.6 Å². The van der Waals surface area contributed by atoms with Crippen LogP contribution in [0.3, 0.4) is 0 Å². The van der Waals surface area contributed by atoms with E-state index in [9.17, 15) is 4.79 Å². The van der Waals surface area contributed by atoms with E-state index in [1.54, 1.807) is 12.4 Å². The molecule has 6 rings (SSSR count). The topological polar surface area (TPSA) is 59.8 Å². The molecule has 172 valence electrons. The fraction of sp³-hybridized carbons (Fsp3) is 0.138. The van der Waals surface area contributed by atoms with Gasteiger partial charge in [0.05, 0.1) is 28.7 Å². The zero-order valence-electron chi connectivity index (χ0n) is 19.0. The van der Waals surface area contributed by atoms with Crippen molar-refractivity contribution in [2.45, 2.75) is 25.3 Å². The van der Waals surface area contributed by atoms with Gasteiger partial charge in [-0.05, 0) is 54.7 Å². The molecule has 1 aliphatic carbocycles. The number of benzene rings is 3. The van der Waals surface area contributed by atoms with Gasteiger partial charge in [0.25, 0.3) is 5.91 Å². The summed E-state index contributed by atoms with van der Waals surface area (Å²) in [5.41, 5.74) is 6.11. The van der Waals surface area contributed by atoms with Gasteiger partial charge >= 0.3 is 0 Å². The summed E-state index contributed by atoms with van der Waals surface area (Å²) < 4.78 is 1.84. The molecule has 35 heavy (non-hydrogen) atoms. The lowest BCUT2D eigenvalue weighted by molar-refractivity contribution is 0.0917. The average Bonchev–Trinajstić information content (AvgIpc) is 3.31. The van der Waals surface area contributed by atoms with Gasteiger partial charge in [-0.3, -0.25) is 9.78 Å². The van der Waals surface area contributed by atoms with E-state index in [2.05, 4.69) is 51.8 Å². The molecule has 0 atom stereocenters. The van der Waals surface area contributed by atoms with Gasteiger partial charge in [-0.15, -0.1) is 0 Å². The lowest BCUT2D eigenvalue weighted by atomic mass is 9.93. The van der Waals surface area contributed by atoms with Crippen molar-refractivity contribution in [3.8, 4) is 28.1 Å². The number of amides is 1. The van der Waals surface area contributed by atoms with Crippen LogP contribution in [0.1, 0.15) is 29.6 Å². The van der Waals surface area contributed by atoms with Crippen LogP contribution in [0.2, 0.25) is 5.02 Å². The Morgan fingerprint density at radius 3 is 2.40 bits per heavy atom. The number of hydrogen-bond acceptors (Lipinski definition) is 3. The van der Waals surface area contributed by atoms with Crippen molar-refractivity contribution in [1.82, 2.24) is 20.1 Å². The Kier molecular flexibility index (Phi) is 5.55. The summed E-state index contributed by atoms with van der Waals surface area (Å²) in [5, 5.41) is 9.39. The highest BCUT2D eigenvalue weighted by atomic mass is 35.5. The second-order valence-electron chi connectivity index (χ2n) is 8.85. The van der Waals surface area contributed by atoms with E-state index in [0.717, 1.165) is 58.2 Å². The maximum atomic E-state index is 13.3. The average molecular weight is 479 g/mol. The van der Waals surface area contributed by atoms with E-state index < -0.39 is 0 Å². The van der Waals surface area contributed by atoms with E-state index in [-0.39, 0.29) is 11.9 Å². The highest BCUT2D eigenvalue weighted by Crippen LogP contribution is 2.32. The third-order valence-electron chi connectivity index (χ3n) is 6.63. The third-order valence-corrected chi connectivity index (χ3v) is 6.86. The molecule has 1 fully saturated rings. The van der Waals surface area contributed by atoms with Gasteiger partial charge < -0.3 is 5.32 Å². The minimum Gasteiger partial charge on any atom is -0.349 e. The molecule has 3 aromatic carbocycles. The van der Waals surface area contributed by atoms with Crippen molar-refractivity contribution in [3.63, 3.8) is 0 Å². The van der Waals surface area contributed by atoms with E-state index >= 15 is 0 Å². The summed E-state index contributed by atoms with van der Waals surface area (Å²) in [6.07, 6.45) is 6.61. The first-order chi connectivity index (χ1) is 17.2. The van der Waals surface area contributed by atoms with Crippen LogP contribution in [0, 0.1) is 0 Å². The van der Waals surface area contributed by atoms with Crippen LogP contribution in [0.4, 0.5) is 0 Å². The predicted molar refractivity (Wildman–Crippen MR) is 140 cm³/mol. The highest BCUT2D eigenvalue weighted by Gasteiger charge is 2.25. The smallest absolute Gasteiger partial charge is 0.255 e. The second-order valence-corrected chi connectivity index (χ2v) is 9.29. The molecule has 2 aromatic heterocycles. The van der Waals surface area contributed by atoms with Gasteiger partial charge in [-0.2, -0.15) is 5.10 Å². The quantitative estimate of drug-likeness (QED) is 0.306. The zero-order valence-corrected chi connectivity index (χ0v) is 19.7. The Balaban J connectivity index is 1.49. The van der Waals surface area contributed by atoms with Crippen molar-refractivity contribution in [1.29, 1.82) is 0 Å². The van der Waals surface area contributed by atoms with E-state index in [1.165, 1.54) is 0 Å². The minimum atomic E-state index is -0.0931. The van der Waals surface area contributed by atoms with Crippen LogP contribution in [0.5, 0.6) is 0 Å². The number of carbonyl (C=O) groups is 1. The van der Waals surface area contributed by atoms with Crippen LogP contribution in [0.25, 0.3) is 39.0 Å². The number of carbonyl (C=O) groups excluding carboxylic acids is 1. The second kappa shape index (κ2) is 9.01. The lowest BCUT2D eigenvalue weighted by Gasteiger charge is -2.26. The van der Waals surface area contributed by atoms with E-state index in [1.807, 2.05) is 47.1 Å². The molecule has 1 saturated carbocycles. The van der Waals surface area contributed by atoms with E-state index in [4.69, 9.17) is 11.6 Å². The summed E-state index contributed by atoms with van der Waals surface area (Å²) in [7, 11) is 0. The summed E-state index contributed by atoms with van der Waals surface area (Å²) in [6.45, 7) is 0. The first-order valence-electron chi connectivity index (χ1n) is 11.8. The third kappa shape index (κ3) is 4.08. The summed E-state index contributed by atoms with van der Waals surface area (Å²) >= 11 is 6.21. The molecule has 0 aliphatic heterocycles. The molecule has 0 saturated heterocycles. The normalized spacial score (nSPS) is 13.5. The van der Waals surface area contributed by atoms with E-state index in [0.29, 0.717) is 10.6 Å². The molecule has 1 aliphatic rings. The summed E-state index contributed by atoms with van der Waals surface area (Å²) in [6, 6.07) is 26.3. The molecule has 0 spiro atoms. The molecular weight excluding hydrogens is 456 g/mol. The zero-order chi connectivity index (χ0) is 23.8. The van der Waals surface area contributed by atoms with Gasteiger partial charge in [0.1, 0.15) is 0 Å². The summed E-state index contributed by atoms with van der Waals surface area (Å²) in [4.78, 5) is 17.8. The van der Waals surface area contributed by atoms with Crippen LogP contribution in [-0.4, -0.2) is 26.7 Å². The predicted octanol–water partition coefficient (Wildman–Crippen LogP) is 6.69.